The lowest BCUT2D eigenvalue weighted by molar-refractivity contribution is -0.274. The van der Waals surface area contributed by atoms with E-state index in [4.69, 9.17) is 10.5 Å². The molecule has 1 aromatic rings. The summed E-state index contributed by atoms with van der Waals surface area (Å²) in [5.74, 6) is -0.320. The summed E-state index contributed by atoms with van der Waals surface area (Å²) in [6, 6.07) is 3.29. The quantitative estimate of drug-likeness (QED) is 0.647. The van der Waals surface area contributed by atoms with E-state index in [1.165, 1.54) is 23.1 Å². The molecular formula is C24H31F3N4O4. The highest BCUT2D eigenvalue weighted by atomic mass is 19.4. The third-order valence-corrected chi connectivity index (χ3v) is 6.89. The van der Waals surface area contributed by atoms with E-state index in [2.05, 4.69) is 15.0 Å². The molecule has 0 radical (unpaired) electrons. The number of amides is 2. The van der Waals surface area contributed by atoms with E-state index >= 15 is 0 Å². The number of ether oxygens (including phenoxy) is 2. The average molecular weight is 497 g/mol. The van der Waals surface area contributed by atoms with Gasteiger partial charge in [-0.1, -0.05) is 6.92 Å². The first-order chi connectivity index (χ1) is 16.0. The standard InChI is InChI=1S/C24H31F3N4O4/c1-21(2)11-18(32)31(20(28)30-21)12-13-9-23(13,5)19(33)29-16-10-22(3,4)35-17-7-6-14(8-15(16)17)34-24(25,26)27/h6-8,13,16H,9-12H2,1-5H3,(H2,28,30)(H,29,33)/t13-,16?,23+/m1/s1. The van der Waals surface area contributed by atoms with Gasteiger partial charge in [0.05, 0.1) is 23.4 Å². The number of benzene rings is 1. The van der Waals surface area contributed by atoms with Crippen LogP contribution in [0.3, 0.4) is 0 Å². The number of carbonyl (C=O) groups is 2. The molecule has 4 rings (SSSR count). The lowest BCUT2D eigenvalue weighted by Crippen LogP contribution is -2.51. The fraction of sp³-hybridized carbons (Fsp3) is 0.625. The zero-order chi connectivity index (χ0) is 26.0. The van der Waals surface area contributed by atoms with Gasteiger partial charge in [0.1, 0.15) is 17.1 Å². The molecule has 1 fully saturated rings. The Bertz CT molecular complexity index is 1090. The highest BCUT2D eigenvalue weighted by Gasteiger charge is 2.57. The van der Waals surface area contributed by atoms with Gasteiger partial charge in [0.2, 0.25) is 11.8 Å². The zero-order valence-corrected chi connectivity index (χ0v) is 20.5. The molecule has 11 heteroatoms. The van der Waals surface area contributed by atoms with Crippen molar-refractivity contribution in [3.63, 3.8) is 0 Å². The summed E-state index contributed by atoms with van der Waals surface area (Å²) in [6.07, 6.45) is -3.68. The first kappa shape index (κ1) is 25.1. The Labute approximate surface area is 202 Å². The first-order valence-corrected chi connectivity index (χ1v) is 11.5. The van der Waals surface area contributed by atoms with Crippen LogP contribution >= 0.6 is 0 Å². The van der Waals surface area contributed by atoms with Gasteiger partial charge in [-0.25, -0.2) is 4.99 Å². The second kappa shape index (κ2) is 8.03. The van der Waals surface area contributed by atoms with Crippen LogP contribution in [0.1, 0.15) is 65.5 Å². The van der Waals surface area contributed by atoms with Gasteiger partial charge in [-0.3, -0.25) is 14.5 Å². The van der Waals surface area contributed by atoms with Crippen LogP contribution < -0.4 is 20.5 Å². The molecule has 1 saturated carbocycles. The molecule has 3 N–H and O–H groups in total. The van der Waals surface area contributed by atoms with Crippen LogP contribution in [0.25, 0.3) is 0 Å². The summed E-state index contributed by atoms with van der Waals surface area (Å²) in [4.78, 5) is 31.7. The number of aliphatic imine (C=N–C) groups is 1. The molecular weight excluding hydrogens is 465 g/mol. The minimum atomic E-state index is -4.83. The molecule has 35 heavy (non-hydrogen) atoms. The number of nitrogens with one attached hydrogen (secondary N) is 1. The Kier molecular flexibility index (Phi) is 5.76. The van der Waals surface area contributed by atoms with Gasteiger partial charge in [-0.05, 0) is 58.2 Å². The van der Waals surface area contributed by atoms with Crippen molar-refractivity contribution >= 4 is 17.8 Å². The Hall–Kier alpha value is -2.98. The second-order valence-electron chi connectivity index (χ2n) is 11.1. The van der Waals surface area contributed by atoms with E-state index < -0.39 is 29.0 Å². The normalized spacial score (nSPS) is 29.0. The maximum atomic E-state index is 13.3. The number of alkyl halides is 3. The molecule has 1 aromatic carbocycles. The second-order valence-corrected chi connectivity index (χ2v) is 11.1. The van der Waals surface area contributed by atoms with Gasteiger partial charge in [0.25, 0.3) is 0 Å². The highest BCUT2D eigenvalue weighted by molar-refractivity contribution is 5.99. The number of hydrogen-bond acceptors (Lipinski definition) is 6. The predicted molar refractivity (Wildman–Crippen MR) is 122 cm³/mol. The van der Waals surface area contributed by atoms with Crippen LogP contribution in [0.15, 0.2) is 23.2 Å². The van der Waals surface area contributed by atoms with Crippen molar-refractivity contribution < 1.29 is 32.2 Å². The van der Waals surface area contributed by atoms with E-state index in [0.29, 0.717) is 24.2 Å². The average Bonchev–Trinajstić information content (AvgIpc) is 3.34. The Morgan fingerprint density at radius 1 is 1.26 bits per heavy atom. The summed E-state index contributed by atoms with van der Waals surface area (Å²) in [5.41, 5.74) is 4.51. The summed E-state index contributed by atoms with van der Waals surface area (Å²) < 4.78 is 48.2. The third-order valence-electron chi connectivity index (χ3n) is 6.89. The molecule has 0 spiro atoms. The summed E-state index contributed by atoms with van der Waals surface area (Å²) in [5, 5.41) is 3.01. The molecule has 0 aromatic heterocycles. The van der Waals surface area contributed by atoms with E-state index in [9.17, 15) is 22.8 Å². The number of carbonyl (C=O) groups excluding carboxylic acids is 2. The molecule has 192 valence electrons. The smallest absolute Gasteiger partial charge is 0.487 e. The molecule has 2 amide bonds. The van der Waals surface area contributed by atoms with Gasteiger partial charge in [-0.15, -0.1) is 13.2 Å². The SMILES string of the molecule is CC1(C)CC(=O)N(C[C@H]2C[C@]2(C)C(=O)NC2CC(C)(C)Oc3ccc(OC(F)(F)F)cc32)C(N)=N1. The maximum absolute atomic E-state index is 13.3. The van der Waals surface area contributed by atoms with Gasteiger partial charge in [-0.2, -0.15) is 0 Å². The van der Waals surface area contributed by atoms with Crippen LogP contribution in [0.4, 0.5) is 13.2 Å². The van der Waals surface area contributed by atoms with E-state index in [0.717, 1.165) is 0 Å². The van der Waals surface area contributed by atoms with Crippen molar-refractivity contribution in [2.24, 2.45) is 22.1 Å². The third kappa shape index (κ3) is 5.33. The molecule has 2 heterocycles. The first-order valence-electron chi connectivity index (χ1n) is 11.5. The van der Waals surface area contributed by atoms with Crippen LogP contribution in [0.5, 0.6) is 11.5 Å². The molecule has 0 saturated heterocycles. The Balaban J connectivity index is 1.49. The van der Waals surface area contributed by atoms with Crippen LogP contribution in [-0.4, -0.2) is 46.7 Å². The lowest BCUT2D eigenvalue weighted by atomic mass is 9.89. The Morgan fingerprint density at radius 2 is 1.94 bits per heavy atom. The minimum absolute atomic E-state index is 0.117. The molecule has 3 aliphatic rings. The van der Waals surface area contributed by atoms with Gasteiger partial charge in [0.15, 0.2) is 5.96 Å². The van der Waals surface area contributed by atoms with E-state index in [-0.39, 0.29) is 42.4 Å². The summed E-state index contributed by atoms with van der Waals surface area (Å²) in [6.45, 7) is 9.47. The number of rotatable bonds is 5. The van der Waals surface area contributed by atoms with E-state index in [1.807, 2.05) is 34.6 Å². The number of halogens is 3. The fourth-order valence-corrected chi connectivity index (χ4v) is 4.90. The number of nitrogens with two attached hydrogens (primary N) is 1. The molecule has 0 bridgehead atoms. The van der Waals surface area contributed by atoms with Crippen LogP contribution in [0.2, 0.25) is 0 Å². The van der Waals surface area contributed by atoms with Gasteiger partial charge in [0, 0.05) is 18.5 Å². The topological polar surface area (TPSA) is 106 Å². The molecule has 1 aliphatic carbocycles. The maximum Gasteiger partial charge on any atom is 0.573 e. The lowest BCUT2D eigenvalue weighted by Gasteiger charge is -2.38. The predicted octanol–water partition coefficient (Wildman–Crippen LogP) is 3.66. The molecule has 2 aliphatic heterocycles. The number of nitrogens with zero attached hydrogens (tertiary/aromatic N) is 2. The van der Waals surface area contributed by atoms with Crippen LogP contribution in [-0.2, 0) is 9.59 Å². The fourth-order valence-electron chi connectivity index (χ4n) is 4.90. The monoisotopic (exact) mass is 496 g/mol. The van der Waals surface area contributed by atoms with Gasteiger partial charge < -0.3 is 20.5 Å². The van der Waals surface area contributed by atoms with Crippen molar-refractivity contribution in [1.82, 2.24) is 10.2 Å². The van der Waals surface area contributed by atoms with E-state index in [1.54, 1.807) is 0 Å². The number of guanidine groups is 1. The summed E-state index contributed by atoms with van der Waals surface area (Å²) >= 11 is 0. The molecule has 3 atom stereocenters. The van der Waals surface area contributed by atoms with Crippen molar-refractivity contribution in [1.29, 1.82) is 0 Å². The zero-order valence-electron chi connectivity index (χ0n) is 20.5. The number of fused-ring (bicyclic) bond motifs is 1. The van der Waals surface area contributed by atoms with Crippen molar-refractivity contribution in [3.05, 3.63) is 23.8 Å². The molecule has 8 nitrogen and oxygen atoms in total. The number of hydrogen-bond donors (Lipinski definition) is 2. The van der Waals surface area contributed by atoms with Crippen molar-refractivity contribution in [3.8, 4) is 11.5 Å². The summed E-state index contributed by atoms with van der Waals surface area (Å²) in [7, 11) is 0. The van der Waals surface area contributed by atoms with Crippen LogP contribution in [0, 0.1) is 11.3 Å². The Morgan fingerprint density at radius 3 is 2.57 bits per heavy atom. The van der Waals surface area contributed by atoms with Crippen molar-refractivity contribution in [2.75, 3.05) is 6.54 Å². The largest absolute Gasteiger partial charge is 0.573 e. The highest BCUT2D eigenvalue weighted by Crippen LogP contribution is 2.54. The molecule has 1 unspecified atom stereocenters. The van der Waals surface area contributed by atoms with Crippen molar-refractivity contribution in [2.45, 2.75) is 77.4 Å². The minimum Gasteiger partial charge on any atom is -0.487 e. The van der Waals surface area contributed by atoms with Gasteiger partial charge >= 0.3 is 6.36 Å².